The standard InChI is InChI=1S/C6H9IN2O2/c7-8-1-2-9-5(3-8)4-11-6(9)10/h5H,1-4H2. The molecule has 2 saturated heterocycles. The third-order valence-corrected chi connectivity index (χ3v) is 2.94. The van der Waals surface area contributed by atoms with Crippen molar-refractivity contribution in [1.82, 2.24) is 8.01 Å². The molecule has 2 aliphatic rings. The van der Waals surface area contributed by atoms with Crippen LogP contribution in [-0.2, 0) is 4.74 Å². The third kappa shape index (κ3) is 1.31. The van der Waals surface area contributed by atoms with Gasteiger partial charge >= 0.3 is 6.09 Å². The van der Waals surface area contributed by atoms with E-state index in [1.165, 1.54) is 0 Å². The lowest BCUT2D eigenvalue weighted by molar-refractivity contribution is 0.151. The average Bonchev–Trinajstić information content (AvgIpc) is 2.32. The lowest BCUT2D eigenvalue weighted by Crippen LogP contribution is -2.48. The highest BCUT2D eigenvalue weighted by molar-refractivity contribution is 14.1. The molecule has 0 aromatic heterocycles. The summed E-state index contributed by atoms with van der Waals surface area (Å²) in [5.74, 6) is 0. The van der Waals surface area contributed by atoms with Gasteiger partial charge in [-0.1, -0.05) is 0 Å². The van der Waals surface area contributed by atoms with Crippen LogP contribution < -0.4 is 0 Å². The zero-order chi connectivity index (χ0) is 7.84. The van der Waals surface area contributed by atoms with Crippen LogP contribution in [0, 0.1) is 0 Å². The molecular formula is C6H9IN2O2. The first kappa shape index (κ1) is 7.60. The predicted octanol–water partition coefficient (Wildman–Crippen LogP) is 0.473. The molecule has 0 aromatic carbocycles. The number of carbonyl (C=O) groups is 1. The normalized spacial score (nSPS) is 31.9. The van der Waals surface area contributed by atoms with Crippen LogP contribution in [0.15, 0.2) is 0 Å². The number of fused-ring (bicyclic) bond motifs is 1. The Kier molecular flexibility index (Phi) is 1.92. The van der Waals surface area contributed by atoms with Gasteiger partial charge in [0, 0.05) is 42.5 Å². The van der Waals surface area contributed by atoms with Gasteiger partial charge in [-0.15, -0.1) is 0 Å². The van der Waals surface area contributed by atoms with E-state index in [1.54, 1.807) is 0 Å². The van der Waals surface area contributed by atoms with Crippen LogP contribution in [0.25, 0.3) is 0 Å². The predicted molar refractivity (Wildman–Crippen MR) is 47.4 cm³/mol. The highest BCUT2D eigenvalue weighted by Crippen LogP contribution is 2.19. The Morgan fingerprint density at radius 1 is 1.55 bits per heavy atom. The van der Waals surface area contributed by atoms with E-state index in [1.807, 2.05) is 4.90 Å². The molecule has 2 heterocycles. The average molecular weight is 268 g/mol. The molecule has 11 heavy (non-hydrogen) atoms. The van der Waals surface area contributed by atoms with Crippen molar-refractivity contribution >= 4 is 29.0 Å². The maximum absolute atomic E-state index is 11.0. The molecule has 0 aliphatic carbocycles. The van der Waals surface area contributed by atoms with Crippen molar-refractivity contribution < 1.29 is 9.53 Å². The quantitative estimate of drug-likeness (QED) is 0.473. The summed E-state index contributed by atoms with van der Waals surface area (Å²) < 4.78 is 7.10. The number of hydrogen-bond donors (Lipinski definition) is 0. The first-order chi connectivity index (χ1) is 5.27. The number of cyclic esters (lactones) is 1. The summed E-state index contributed by atoms with van der Waals surface area (Å²) >= 11 is 2.28. The summed E-state index contributed by atoms with van der Waals surface area (Å²) in [6, 6.07) is 0.299. The van der Waals surface area contributed by atoms with Gasteiger partial charge in [-0.25, -0.2) is 7.91 Å². The van der Waals surface area contributed by atoms with E-state index in [2.05, 4.69) is 26.0 Å². The Balaban J connectivity index is 2.06. The van der Waals surface area contributed by atoms with Crippen LogP contribution in [0.1, 0.15) is 0 Å². The third-order valence-electron chi connectivity index (χ3n) is 2.07. The minimum atomic E-state index is -0.139. The Morgan fingerprint density at radius 2 is 2.36 bits per heavy atom. The fraction of sp³-hybridized carbons (Fsp3) is 0.833. The minimum Gasteiger partial charge on any atom is -0.447 e. The van der Waals surface area contributed by atoms with E-state index >= 15 is 0 Å². The van der Waals surface area contributed by atoms with Crippen molar-refractivity contribution in [3.63, 3.8) is 0 Å². The second-order valence-electron chi connectivity index (χ2n) is 2.79. The van der Waals surface area contributed by atoms with Crippen molar-refractivity contribution in [2.24, 2.45) is 0 Å². The summed E-state index contributed by atoms with van der Waals surface area (Å²) in [5, 5.41) is 0. The second-order valence-corrected chi connectivity index (χ2v) is 4.16. The first-order valence-corrected chi connectivity index (χ1v) is 4.58. The minimum absolute atomic E-state index is 0.139. The number of nitrogens with zero attached hydrogens (tertiary/aromatic N) is 2. The van der Waals surface area contributed by atoms with Gasteiger partial charge in [-0.2, -0.15) is 0 Å². The molecule has 2 rings (SSSR count). The van der Waals surface area contributed by atoms with Gasteiger partial charge in [0.05, 0.1) is 6.04 Å². The lowest BCUT2D eigenvalue weighted by Gasteiger charge is -2.31. The molecule has 0 aromatic rings. The van der Waals surface area contributed by atoms with E-state index in [0.29, 0.717) is 12.6 Å². The van der Waals surface area contributed by atoms with Crippen molar-refractivity contribution in [3.8, 4) is 0 Å². The molecule has 62 valence electrons. The van der Waals surface area contributed by atoms with Gasteiger partial charge in [-0.05, 0) is 0 Å². The number of carbonyl (C=O) groups excluding carboxylic acids is 1. The molecule has 0 radical (unpaired) electrons. The van der Waals surface area contributed by atoms with Crippen LogP contribution >= 0.6 is 22.9 Å². The SMILES string of the molecule is O=C1OCC2CN(I)CCN12. The molecule has 2 aliphatic heterocycles. The first-order valence-electron chi connectivity index (χ1n) is 3.61. The molecule has 1 unspecified atom stereocenters. The number of amides is 1. The molecule has 1 amide bonds. The molecule has 2 fully saturated rings. The van der Waals surface area contributed by atoms with Gasteiger partial charge in [0.2, 0.25) is 0 Å². The van der Waals surface area contributed by atoms with E-state index in [4.69, 9.17) is 4.74 Å². The molecule has 0 bridgehead atoms. The summed E-state index contributed by atoms with van der Waals surface area (Å²) in [7, 11) is 0. The van der Waals surface area contributed by atoms with Crippen molar-refractivity contribution in [2.75, 3.05) is 26.2 Å². The van der Waals surface area contributed by atoms with Crippen molar-refractivity contribution in [2.45, 2.75) is 6.04 Å². The summed E-state index contributed by atoms with van der Waals surface area (Å²) in [6.45, 7) is 3.27. The topological polar surface area (TPSA) is 32.8 Å². The number of halogens is 1. The van der Waals surface area contributed by atoms with Gasteiger partial charge in [0.1, 0.15) is 6.61 Å². The number of piperazine rings is 1. The molecule has 0 N–H and O–H groups in total. The van der Waals surface area contributed by atoms with Gasteiger partial charge in [0.15, 0.2) is 0 Å². The van der Waals surface area contributed by atoms with E-state index in [-0.39, 0.29) is 6.09 Å². The number of rotatable bonds is 0. The maximum Gasteiger partial charge on any atom is 0.410 e. The summed E-state index contributed by atoms with van der Waals surface area (Å²) in [6.07, 6.45) is -0.139. The van der Waals surface area contributed by atoms with Crippen molar-refractivity contribution in [3.05, 3.63) is 0 Å². The number of hydrogen-bond acceptors (Lipinski definition) is 3. The Bertz CT molecular complexity index is 187. The van der Waals surface area contributed by atoms with Crippen LogP contribution in [0.5, 0.6) is 0 Å². The fourth-order valence-corrected chi connectivity index (χ4v) is 2.12. The second kappa shape index (κ2) is 2.78. The zero-order valence-corrected chi connectivity index (χ0v) is 8.15. The van der Waals surface area contributed by atoms with E-state index in [9.17, 15) is 4.79 Å². The molecule has 4 nitrogen and oxygen atoms in total. The van der Waals surface area contributed by atoms with Crippen molar-refractivity contribution in [1.29, 1.82) is 0 Å². The Labute approximate surface area is 79.0 Å². The highest BCUT2D eigenvalue weighted by atomic mass is 127. The van der Waals surface area contributed by atoms with Crippen LogP contribution in [0.2, 0.25) is 0 Å². The molecule has 0 spiro atoms. The Hall–Kier alpha value is -0.0400. The monoisotopic (exact) mass is 268 g/mol. The zero-order valence-electron chi connectivity index (χ0n) is 5.99. The van der Waals surface area contributed by atoms with Gasteiger partial charge in [0.25, 0.3) is 0 Å². The number of ether oxygens (including phenoxy) is 1. The van der Waals surface area contributed by atoms with Gasteiger partial charge in [-0.3, -0.25) is 4.90 Å². The largest absolute Gasteiger partial charge is 0.447 e. The fourth-order valence-electron chi connectivity index (χ4n) is 1.45. The van der Waals surface area contributed by atoms with E-state index in [0.717, 1.165) is 19.6 Å². The molecular weight excluding hydrogens is 259 g/mol. The lowest BCUT2D eigenvalue weighted by atomic mass is 10.2. The summed E-state index contributed by atoms with van der Waals surface area (Å²) in [4.78, 5) is 12.8. The maximum atomic E-state index is 11.0. The molecule has 5 heteroatoms. The van der Waals surface area contributed by atoms with E-state index < -0.39 is 0 Å². The molecule has 1 atom stereocenters. The summed E-state index contributed by atoms with van der Waals surface area (Å²) in [5.41, 5.74) is 0. The highest BCUT2D eigenvalue weighted by Gasteiger charge is 2.36. The molecule has 0 saturated carbocycles. The van der Waals surface area contributed by atoms with Crippen LogP contribution in [-0.4, -0.2) is 46.4 Å². The van der Waals surface area contributed by atoms with Crippen LogP contribution in [0.4, 0.5) is 4.79 Å². The van der Waals surface area contributed by atoms with Gasteiger partial charge < -0.3 is 4.74 Å². The Morgan fingerprint density at radius 3 is 3.18 bits per heavy atom. The van der Waals surface area contributed by atoms with Crippen LogP contribution in [0.3, 0.4) is 0 Å². The smallest absolute Gasteiger partial charge is 0.410 e.